The Morgan fingerprint density at radius 3 is 3.00 bits per heavy atom. The molecule has 0 spiro atoms. The first-order valence-electron chi connectivity index (χ1n) is 5.27. The molecule has 0 aromatic carbocycles. The van der Waals surface area contributed by atoms with Gasteiger partial charge < -0.3 is 10.4 Å². The number of carboxylic acids is 1. The number of carbonyl (C=O) groups is 2. The number of carbonyl (C=O) groups excluding carboxylic acids is 1. The van der Waals surface area contributed by atoms with E-state index in [1.54, 1.807) is 0 Å². The van der Waals surface area contributed by atoms with Crippen molar-refractivity contribution in [3.63, 3.8) is 0 Å². The van der Waals surface area contributed by atoms with Crippen LogP contribution in [0.25, 0.3) is 0 Å². The van der Waals surface area contributed by atoms with Gasteiger partial charge in [-0.2, -0.15) is 0 Å². The first-order chi connectivity index (χ1) is 8.50. The molecule has 0 unspecified atom stereocenters. The molecule has 2 N–H and O–H groups in total. The zero-order chi connectivity index (χ0) is 13.3. The fourth-order valence-electron chi connectivity index (χ4n) is 1.51. The van der Waals surface area contributed by atoms with Crippen LogP contribution < -0.4 is 10.9 Å². The number of thioether (sulfide) groups is 1. The lowest BCUT2D eigenvalue weighted by atomic mass is 10.2. The summed E-state index contributed by atoms with van der Waals surface area (Å²) in [5, 5.41) is 11.5. The predicted octanol–water partition coefficient (Wildman–Crippen LogP) is -0.448. The van der Waals surface area contributed by atoms with Crippen molar-refractivity contribution in [2.45, 2.75) is 24.7 Å². The second-order valence-corrected chi connectivity index (χ2v) is 4.86. The van der Waals surface area contributed by atoms with Gasteiger partial charge in [0.05, 0.1) is 0 Å². The Morgan fingerprint density at radius 1 is 1.61 bits per heavy atom. The second-order valence-electron chi connectivity index (χ2n) is 3.79. The van der Waals surface area contributed by atoms with Gasteiger partial charge in [0.2, 0.25) is 0 Å². The maximum Gasteiger partial charge on any atom is 0.325 e. The minimum atomic E-state index is -1.16. The maximum atomic E-state index is 12.0. The minimum absolute atomic E-state index is 0.130. The summed E-state index contributed by atoms with van der Waals surface area (Å²) in [5.41, 5.74) is -0.561. The first-order valence-corrected chi connectivity index (χ1v) is 6.25. The summed E-state index contributed by atoms with van der Waals surface area (Å²) >= 11 is 1.45. The van der Waals surface area contributed by atoms with Crippen LogP contribution in [0.2, 0.25) is 0 Å². The number of carboxylic acid groups (broad SMARTS) is 1. The molecule has 96 valence electrons. The van der Waals surface area contributed by atoms with Crippen LogP contribution in [0.3, 0.4) is 0 Å². The standard InChI is InChI=1S/C10H11N3O4S/c1-5(9(16)17)12-7(14)6-4-11-10-13(8(6)15)2-3-18-10/h4-5H,2-3H2,1H3,(H,12,14)(H,16,17)/t5-/m1/s1. The molecule has 1 aromatic rings. The summed E-state index contributed by atoms with van der Waals surface area (Å²) in [7, 11) is 0. The highest BCUT2D eigenvalue weighted by molar-refractivity contribution is 7.99. The molecular formula is C10H11N3O4S. The van der Waals surface area contributed by atoms with E-state index in [0.717, 1.165) is 5.75 Å². The van der Waals surface area contributed by atoms with E-state index in [-0.39, 0.29) is 5.56 Å². The molecule has 2 rings (SSSR count). The molecular weight excluding hydrogens is 258 g/mol. The third-order valence-electron chi connectivity index (χ3n) is 2.52. The number of aliphatic carboxylic acids is 1. The lowest BCUT2D eigenvalue weighted by Gasteiger charge is -2.09. The van der Waals surface area contributed by atoms with Gasteiger partial charge in [-0.05, 0) is 6.92 Å². The Kier molecular flexibility index (Phi) is 3.37. The van der Waals surface area contributed by atoms with Crippen molar-refractivity contribution in [3.8, 4) is 0 Å². The molecule has 1 aromatic heterocycles. The van der Waals surface area contributed by atoms with Crippen LogP contribution in [-0.2, 0) is 11.3 Å². The molecule has 0 saturated carbocycles. The highest BCUT2D eigenvalue weighted by Gasteiger charge is 2.22. The van der Waals surface area contributed by atoms with Crippen LogP contribution >= 0.6 is 11.8 Å². The van der Waals surface area contributed by atoms with Crippen molar-refractivity contribution < 1.29 is 14.7 Å². The van der Waals surface area contributed by atoms with E-state index in [9.17, 15) is 14.4 Å². The van der Waals surface area contributed by atoms with Crippen molar-refractivity contribution in [2.24, 2.45) is 0 Å². The van der Waals surface area contributed by atoms with Crippen LogP contribution in [0.15, 0.2) is 16.1 Å². The van der Waals surface area contributed by atoms with Gasteiger partial charge in [-0.1, -0.05) is 11.8 Å². The molecule has 1 amide bonds. The summed E-state index contributed by atoms with van der Waals surface area (Å²) in [4.78, 5) is 38.3. The van der Waals surface area contributed by atoms with Gasteiger partial charge in [-0.15, -0.1) is 0 Å². The van der Waals surface area contributed by atoms with Gasteiger partial charge in [0.15, 0.2) is 5.16 Å². The summed E-state index contributed by atoms with van der Waals surface area (Å²) in [6.07, 6.45) is 1.19. The van der Waals surface area contributed by atoms with Crippen LogP contribution in [0.4, 0.5) is 0 Å². The van der Waals surface area contributed by atoms with E-state index in [4.69, 9.17) is 5.11 Å². The molecule has 18 heavy (non-hydrogen) atoms. The Bertz CT molecular complexity index is 569. The summed E-state index contributed by atoms with van der Waals surface area (Å²) in [6.45, 7) is 1.84. The molecule has 1 atom stereocenters. The number of nitrogens with zero attached hydrogens (tertiary/aromatic N) is 2. The van der Waals surface area contributed by atoms with Gasteiger partial charge >= 0.3 is 5.97 Å². The van der Waals surface area contributed by atoms with E-state index in [1.165, 1.54) is 29.4 Å². The first kappa shape index (κ1) is 12.6. The molecule has 0 radical (unpaired) electrons. The number of rotatable bonds is 3. The third-order valence-corrected chi connectivity index (χ3v) is 3.49. The van der Waals surface area contributed by atoms with Gasteiger partial charge in [0.25, 0.3) is 11.5 Å². The largest absolute Gasteiger partial charge is 0.480 e. The molecule has 0 bridgehead atoms. The van der Waals surface area contributed by atoms with E-state index < -0.39 is 23.5 Å². The Hall–Kier alpha value is -1.83. The number of fused-ring (bicyclic) bond motifs is 1. The molecule has 0 aliphatic carbocycles. The number of hydrogen-bond acceptors (Lipinski definition) is 5. The van der Waals surface area contributed by atoms with Gasteiger partial charge in [-0.25, -0.2) is 4.98 Å². The second kappa shape index (κ2) is 4.81. The topological polar surface area (TPSA) is 101 Å². The van der Waals surface area contributed by atoms with Crippen LogP contribution in [0.5, 0.6) is 0 Å². The Labute approximate surface area is 106 Å². The summed E-state index contributed by atoms with van der Waals surface area (Å²) < 4.78 is 1.42. The zero-order valence-electron chi connectivity index (χ0n) is 9.54. The van der Waals surface area contributed by atoms with E-state index in [0.29, 0.717) is 11.7 Å². The number of amides is 1. The SMILES string of the molecule is C[C@@H](NC(=O)c1cnc2n(c1=O)CCS2)C(=O)O. The van der Waals surface area contributed by atoms with Crippen molar-refractivity contribution in [1.29, 1.82) is 0 Å². The van der Waals surface area contributed by atoms with Crippen molar-refractivity contribution in [2.75, 3.05) is 5.75 Å². The Morgan fingerprint density at radius 2 is 2.33 bits per heavy atom. The van der Waals surface area contributed by atoms with Crippen molar-refractivity contribution in [3.05, 3.63) is 22.1 Å². The molecule has 1 aliphatic rings. The highest BCUT2D eigenvalue weighted by Crippen LogP contribution is 2.20. The van der Waals surface area contributed by atoms with Crippen LogP contribution in [0.1, 0.15) is 17.3 Å². The summed E-state index contributed by atoms with van der Waals surface area (Å²) in [6, 6.07) is -1.05. The number of hydrogen-bond donors (Lipinski definition) is 2. The monoisotopic (exact) mass is 269 g/mol. The lowest BCUT2D eigenvalue weighted by Crippen LogP contribution is -2.41. The average Bonchev–Trinajstić information content (AvgIpc) is 2.78. The highest BCUT2D eigenvalue weighted by atomic mass is 32.2. The maximum absolute atomic E-state index is 12.0. The third kappa shape index (κ3) is 2.23. The van der Waals surface area contributed by atoms with Crippen molar-refractivity contribution in [1.82, 2.24) is 14.9 Å². The molecule has 1 aliphatic heterocycles. The number of nitrogens with one attached hydrogen (secondary N) is 1. The van der Waals surface area contributed by atoms with E-state index in [1.807, 2.05) is 0 Å². The molecule has 0 fully saturated rings. The fourth-order valence-corrected chi connectivity index (χ4v) is 2.42. The van der Waals surface area contributed by atoms with Gasteiger partial charge in [-0.3, -0.25) is 19.0 Å². The van der Waals surface area contributed by atoms with Crippen molar-refractivity contribution >= 4 is 23.6 Å². The molecule has 7 nitrogen and oxygen atoms in total. The molecule has 0 saturated heterocycles. The Balaban J connectivity index is 2.27. The summed E-state index contributed by atoms with van der Waals surface area (Å²) in [5.74, 6) is -1.12. The average molecular weight is 269 g/mol. The van der Waals surface area contributed by atoms with Gasteiger partial charge in [0, 0.05) is 18.5 Å². The predicted molar refractivity (Wildman–Crippen MR) is 63.8 cm³/mol. The normalized spacial score (nSPS) is 14.9. The van der Waals surface area contributed by atoms with E-state index >= 15 is 0 Å². The van der Waals surface area contributed by atoms with Crippen LogP contribution in [-0.4, -0.2) is 38.3 Å². The molecule has 8 heteroatoms. The zero-order valence-corrected chi connectivity index (χ0v) is 10.4. The van der Waals surface area contributed by atoms with Gasteiger partial charge in [0.1, 0.15) is 11.6 Å². The smallest absolute Gasteiger partial charge is 0.325 e. The fraction of sp³-hybridized carbons (Fsp3) is 0.400. The van der Waals surface area contributed by atoms with Crippen LogP contribution in [0, 0.1) is 0 Å². The van der Waals surface area contributed by atoms with E-state index in [2.05, 4.69) is 10.3 Å². The molecule has 2 heterocycles. The quantitative estimate of drug-likeness (QED) is 0.721. The minimum Gasteiger partial charge on any atom is -0.480 e. The number of aromatic nitrogens is 2. The lowest BCUT2D eigenvalue weighted by molar-refractivity contribution is -0.138.